The normalized spacial score (nSPS) is 15.0. The van der Waals surface area contributed by atoms with Crippen molar-refractivity contribution in [3.63, 3.8) is 0 Å². The second-order valence-corrected chi connectivity index (χ2v) is 8.74. The Bertz CT molecular complexity index is 902. The van der Waals surface area contributed by atoms with Crippen LogP contribution in [0.4, 0.5) is 0 Å². The van der Waals surface area contributed by atoms with E-state index in [4.69, 9.17) is 11.6 Å². The van der Waals surface area contributed by atoms with Crippen molar-refractivity contribution in [2.75, 3.05) is 0 Å². The Balaban J connectivity index is 1.52. The zero-order valence-electron chi connectivity index (χ0n) is 14.4. The summed E-state index contributed by atoms with van der Waals surface area (Å²) in [4.78, 5) is 20.9. The fourth-order valence-corrected chi connectivity index (χ4v) is 5.13. The van der Waals surface area contributed by atoms with Gasteiger partial charge < -0.3 is 4.90 Å². The Morgan fingerprint density at radius 1 is 1.27 bits per heavy atom. The lowest BCUT2D eigenvalue weighted by molar-refractivity contribution is -0.133. The fourth-order valence-electron chi connectivity index (χ4n) is 3.20. The van der Waals surface area contributed by atoms with Gasteiger partial charge >= 0.3 is 0 Å². The first kappa shape index (κ1) is 17.7. The predicted molar refractivity (Wildman–Crippen MR) is 109 cm³/mol. The quantitative estimate of drug-likeness (QED) is 0.520. The summed E-state index contributed by atoms with van der Waals surface area (Å²) in [5.74, 6) is 0.128. The molecule has 26 heavy (non-hydrogen) atoms. The van der Waals surface area contributed by atoms with Crippen LogP contribution in [0.5, 0.6) is 0 Å². The van der Waals surface area contributed by atoms with Crippen LogP contribution in [0.1, 0.15) is 37.1 Å². The topological polar surface area (TPSA) is 33.2 Å². The second-order valence-electron chi connectivity index (χ2n) is 6.53. The molecule has 3 nitrogen and oxygen atoms in total. The molecule has 1 aliphatic carbocycles. The van der Waals surface area contributed by atoms with E-state index in [0.717, 1.165) is 34.0 Å². The van der Waals surface area contributed by atoms with E-state index in [1.54, 1.807) is 22.7 Å². The highest BCUT2D eigenvalue weighted by Gasteiger charge is 2.36. The van der Waals surface area contributed by atoms with Gasteiger partial charge in [-0.25, -0.2) is 4.98 Å². The number of carbonyl (C=O) groups is 1. The smallest absolute Gasteiger partial charge is 0.229 e. The van der Waals surface area contributed by atoms with Gasteiger partial charge in [-0.2, -0.15) is 0 Å². The molecule has 0 aliphatic heterocycles. The molecule has 1 aliphatic rings. The molecule has 0 spiro atoms. The lowest BCUT2D eigenvalue weighted by Crippen LogP contribution is -2.36. The minimum Gasteiger partial charge on any atom is -0.333 e. The van der Waals surface area contributed by atoms with Crippen LogP contribution in [0.2, 0.25) is 5.02 Å². The molecule has 1 unspecified atom stereocenters. The average Bonchev–Trinajstić information content (AvgIpc) is 3.11. The summed E-state index contributed by atoms with van der Waals surface area (Å²) in [6.07, 6.45) is 2.48. The van der Waals surface area contributed by atoms with Crippen molar-refractivity contribution < 1.29 is 4.79 Å². The molecule has 0 bridgehead atoms. The van der Waals surface area contributed by atoms with Gasteiger partial charge in [0.2, 0.25) is 5.91 Å². The van der Waals surface area contributed by atoms with Crippen LogP contribution in [0.25, 0.3) is 9.88 Å². The summed E-state index contributed by atoms with van der Waals surface area (Å²) in [6, 6.07) is 12.2. The van der Waals surface area contributed by atoms with Gasteiger partial charge in [-0.1, -0.05) is 35.9 Å². The molecular weight excluding hydrogens is 384 g/mol. The summed E-state index contributed by atoms with van der Waals surface area (Å²) in [7, 11) is 0. The number of thiophene rings is 1. The first-order valence-corrected chi connectivity index (χ1v) is 10.8. The van der Waals surface area contributed by atoms with Crippen molar-refractivity contribution in [1.29, 1.82) is 0 Å². The summed E-state index contributed by atoms with van der Waals surface area (Å²) >= 11 is 9.64. The van der Waals surface area contributed by atoms with Gasteiger partial charge in [-0.3, -0.25) is 4.79 Å². The monoisotopic (exact) mass is 402 g/mol. The Morgan fingerprint density at radius 3 is 2.77 bits per heavy atom. The van der Waals surface area contributed by atoms with Gasteiger partial charge in [0.1, 0.15) is 5.01 Å². The first-order valence-electron chi connectivity index (χ1n) is 8.67. The Morgan fingerprint density at radius 2 is 2.08 bits per heavy atom. The number of halogens is 1. The molecule has 4 rings (SSSR count). The Labute approximate surface area is 166 Å². The van der Waals surface area contributed by atoms with Gasteiger partial charge in [0.05, 0.1) is 23.0 Å². The van der Waals surface area contributed by atoms with Crippen LogP contribution < -0.4 is 0 Å². The number of rotatable bonds is 6. The summed E-state index contributed by atoms with van der Waals surface area (Å²) in [5, 5.41) is 5.74. The van der Waals surface area contributed by atoms with E-state index in [0.29, 0.717) is 17.5 Å². The number of hydrogen-bond acceptors (Lipinski definition) is 4. The molecule has 0 saturated heterocycles. The Hall–Kier alpha value is -1.69. The molecule has 6 heteroatoms. The lowest BCUT2D eigenvalue weighted by atomic mass is 10.1. The van der Waals surface area contributed by atoms with Gasteiger partial charge in [0.25, 0.3) is 0 Å². The third-order valence-electron chi connectivity index (χ3n) is 4.62. The van der Waals surface area contributed by atoms with E-state index in [9.17, 15) is 4.79 Å². The standard InChI is InChI=1S/C20H19ClN2OS2/c1-13(16-5-2-3-6-17(16)21)23(15-8-9-15)19(24)11-14-12-26-20(22-14)18-7-4-10-25-18/h2-7,10,12-13,15H,8-9,11H2,1H3. The Kier molecular flexibility index (Phi) is 5.11. The first-order chi connectivity index (χ1) is 12.6. The van der Waals surface area contributed by atoms with E-state index >= 15 is 0 Å². The zero-order chi connectivity index (χ0) is 18.1. The highest BCUT2D eigenvalue weighted by Crippen LogP contribution is 2.37. The average molecular weight is 403 g/mol. The van der Waals surface area contributed by atoms with Gasteiger partial charge in [-0.05, 0) is 42.8 Å². The number of amides is 1. The van der Waals surface area contributed by atoms with E-state index in [1.165, 1.54) is 0 Å². The lowest BCUT2D eigenvalue weighted by Gasteiger charge is -2.30. The minimum atomic E-state index is -0.0286. The molecule has 0 N–H and O–H groups in total. The van der Waals surface area contributed by atoms with E-state index < -0.39 is 0 Å². The molecule has 1 aromatic carbocycles. The largest absolute Gasteiger partial charge is 0.333 e. The van der Waals surface area contributed by atoms with Crippen LogP contribution in [-0.4, -0.2) is 21.8 Å². The van der Waals surface area contributed by atoms with E-state index in [-0.39, 0.29) is 11.9 Å². The number of thiazole rings is 1. The fraction of sp³-hybridized carbons (Fsp3) is 0.300. The minimum absolute atomic E-state index is 0.0286. The van der Waals surface area contributed by atoms with Crippen LogP contribution in [0, 0.1) is 0 Å². The third kappa shape index (κ3) is 3.70. The SMILES string of the molecule is CC(c1ccccc1Cl)N(C(=O)Cc1csc(-c2cccs2)n1)C1CC1. The maximum atomic E-state index is 13.1. The maximum absolute atomic E-state index is 13.1. The second kappa shape index (κ2) is 7.51. The molecule has 0 radical (unpaired) electrons. The van der Waals surface area contributed by atoms with Crippen molar-refractivity contribution in [3.05, 3.63) is 63.4 Å². The van der Waals surface area contributed by atoms with Crippen LogP contribution in [-0.2, 0) is 11.2 Å². The molecule has 2 aromatic heterocycles. The zero-order valence-corrected chi connectivity index (χ0v) is 16.8. The molecule has 1 amide bonds. The molecule has 1 atom stereocenters. The summed E-state index contributed by atoms with van der Waals surface area (Å²) in [5.41, 5.74) is 1.85. The molecule has 2 heterocycles. The number of benzene rings is 1. The molecule has 1 fully saturated rings. The highest BCUT2D eigenvalue weighted by atomic mass is 35.5. The van der Waals surface area contributed by atoms with Crippen LogP contribution >= 0.6 is 34.3 Å². The van der Waals surface area contributed by atoms with Gasteiger partial charge in [0, 0.05) is 16.4 Å². The van der Waals surface area contributed by atoms with E-state index in [2.05, 4.69) is 18.0 Å². The highest BCUT2D eigenvalue weighted by molar-refractivity contribution is 7.20. The molecule has 3 aromatic rings. The van der Waals surface area contributed by atoms with Crippen molar-refractivity contribution in [3.8, 4) is 9.88 Å². The van der Waals surface area contributed by atoms with Crippen molar-refractivity contribution in [1.82, 2.24) is 9.88 Å². The summed E-state index contributed by atoms with van der Waals surface area (Å²) in [6.45, 7) is 2.07. The summed E-state index contributed by atoms with van der Waals surface area (Å²) < 4.78 is 0. The number of carbonyl (C=O) groups excluding carboxylic acids is 1. The molecule has 134 valence electrons. The number of nitrogens with zero attached hydrogens (tertiary/aromatic N) is 2. The van der Waals surface area contributed by atoms with Gasteiger partial charge in [0.15, 0.2) is 0 Å². The van der Waals surface area contributed by atoms with Gasteiger partial charge in [-0.15, -0.1) is 22.7 Å². The van der Waals surface area contributed by atoms with Crippen molar-refractivity contribution >= 4 is 40.2 Å². The van der Waals surface area contributed by atoms with Crippen LogP contribution in [0.15, 0.2) is 47.2 Å². The van der Waals surface area contributed by atoms with Crippen molar-refractivity contribution in [2.24, 2.45) is 0 Å². The molecule has 1 saturated carbocycles. The number of aromatic nitrogens is 1. The maximum Gasteiger partial charge on any atom is 0.229 e. The van der Waals surface area contributed by atoms with E-state index in [1.807, 2.05) is 46.0 Å². The van der Waals surface area contributed by atoms with Crippen LogP contribution in [0.3, 0.4) is 0 Å². The number of hydrogen-bond donors (Lipinski definition) is 0. The predicted octanol–water partition coefficient (Wildman–Crippen LogP) is 5.82. The third-order valence-corrected chi connectivity index (χ3v) is 6.89. The molecular formula is C20H19ClN2OS2. The van der Waals surface area contributed by atoms with Crippen molar-refractivity contribution in [2.45, 2.75) is 38.3 Å².